The Labute approximate surface area is 159 Å². The molecule has 1 aliphatic rings. The van der Waals surface area contributed by atoms with Crippen LogP contribution in [0.1, 0.15) is 23.7 Å². The smallest absolute Gasteiger partial charge is 0.255 e. The van der Waals surface area contributed by atoms with Gasteiger partial charge in [-0.2, -0.15) is 0 Å². The number of sulfone groups is 1. The van der Waals surface area contributed by atoms with Gasteiger partial charge >= 0.3 is 0 Å². The van der Waals surface area contributed by atoms with Gasteiger partial charge in [-0.3, -0.25) is 4.79 Å². The van der Waals surface area contributed by atoms with Gasteiger partial charge in [-0.05, 0) is 37.6 Å². The molecule has 0 radical (unpaired) electrons. The third-order valence-electron chi connectivity index (χ3n) is 4.60. The van der Waals surface area contributed by atoms with E-state index >= 15 is 0 Å². The van der Waals surface area contributed by atoms with Gasteiger partial charge in [0.05, 0.1) is 24.2 Å². The summed E-state index contributed by atoms with van der Waals surface area (Å²) >= 11 is 0. The summed E-state index contributed by atoms with van der Waals surface area (Å²) in [4.78, 5) is 18.7. The maximum absolute atomic E-state index is 12.8. The molecule has 1 aromatic carbocycles. The van der Waals surface area contributed by atoms with Crippen molar-refractivity contribution in [3.8, 4) is 5.75 Å². The summed E-state index contributed by atoms with van der Waals surface area (Å²) in [5.74, 6) is 1.32. The van der Waals surface area contributed by atoms with Gasteiger partial charge in [0.25, 0.3) is 5.91 Å². The van der Waals surface area contributed by atoms with E-state index in [2.05, 4.69) is 10.3 Å². The lowest BCUT2D eigenvalue weighted by molar-refractivity contribution is 0.0708. The summed E-state index contributed by atoms with van der Waals surface area (Å²) in [6, 6.07) is 10.6. The normalized spacial score (nSPS) is 18.1. The van der Waals surface area contributed by atoms with Gasteiger partial charge in [0, 0.05) is 30.5 Å². The van der Waals surface area contributed by atoms with E-state index in [1.165, 1.54) is 6.20 Å². The predicted molar refractivity (Wildman–Crippen MR) is 104 cm³/mol. The number of benzene rings is 1. The lowest BCUT2D eigenvalue weighted by Crippen LogP contribution is -2.41. The van der Waals surface area contributed by atoms with E-state index in [1.807, 2.05) is 31.2 Å². The first-order chi connectivity index (χ1) is 12.9. The van der Waals surface area contributed by atoms with Gasteiger partial charge in [-0.15, -0.1) is 0 Å². The van der Waals surface area contributed by atoms with Gasteiger partial charge in [0.1, 0.15) is 11.6 Å². The first-order valence-corrected chi connectivity index (χ1v) is 10.6. The number of rotatable bonds is 6. The molecule has 7 nitrogen and oxygen atoms in total. The van der Waals surface area contributed by atoms with Crippen LogP contribution in [-0.4, -0.2) is 55.4 Å². The molecular weight excluding hydrogens is 366 g/mol. The number of anilines is 2. The van der Waals surface area contributed by atoms with E-state index in [0.29, 0.717) is 24.3 Å². The average Bonchev–Trinajstić information content (AvgIpc) is 3.02. The zero-order valence-corrected chi connectivity index (χ0v) is 16.2. The van der Waals surface area contributed by atoms with Crippen molar-refractivity contribution >= 4 is 27.2 Å². The number of carbonyl (C=O) groups excluding carboxylic acids is 1. The molecule has 0 bridgehead atoms. The number of amides is 1. The van der Waals surface area contributed by atoms with Crippen LogP contribution in [0.5, 0.6) is 5.75 Å². The Morgan fingerprint density at radius 1 is 1.33 bits per heavy atom. The van der Waals surface area contributed by atoms with Crippen LogP contribution in [0.25, 0.3) is 0 Å². The topological polar surface area (TPSA) is 88.6 Å². The van der Waals surface area contributed by atoms with Crippen molar-refractivity contribution in [2.45, 2.75) is 19.4 Å². The number of hydrogen-bond acceptors (Lipinski definition) is 6. The average molecular weight is 389 g/mol. The molecule has 0 saturated carbocycles. The number of ether oxygens (including phenoxy) is 1. The van der Waals surface area contributed by atoms with E-state index < -0.39 is 9.84 Å². The molecule has 1 saturated heterocycles. The lowest BCUT2D eigenvalue weighted by Gasteiger charge is -2.26. The standard InChI is InChI=1S/C19H23N3O4S/c1-3-22(16-9-10-27(24,25)13-16)19(23)14-7-8-18(20-12-14)21-15-5-4-6-17(11-15)26-2/h4-8,11-12,16H,3,9-10,13H2,1-2H3,(H,20,21). The third-order valence-corrected chi connectivity index (χ3v) is 6.35. The first kappa shape index (κ1) is 19.2. The molecule has 1 aliphatic heterocycles. The highest BCUT2D eigenvalue weighted by atomic mass is 32.2. The number of methoxy groups -OCH3 is 1. The number of nitrogens with zero attached hydrogens (tertiary/aromatic N) is 2. The fourth-order valence-electron chi connectivity index (χ4n) is 3.20. The van der Waals surface area contributed by atoms with E-state index in [0.717, 1.165) is 11.4 Å². The summed E-state index contributed by atoms with van der Waals surface area (Å²) in [5.41, 5.74) is 1.27. The molecule has 8 heteroatoms. The van der Waals surface area contributed by atoms with Crippen LogP contribution in [-0.2, 0) is 9.84 Å². The van der Waals surface area contributed by atoms with Crippen LogP contribution in [0, 0.1) is 0 Å². The zero-order valence-electron chi connectivity index (χ0n) is 15.4. The molecule has 1 unspecified atom stereocenters. The van der Waals surface area contributed by atoms with E-state index in [9.17, 15) is 13.2 Å². The minimum atomic E-state index is -3.04. The van der Waals surface area contributed by atoms with Gasteiger partial charge in [-0.25, -0.2) is 13.4 Å². The molecule has 1 amide bonds. The van der Waals surface area contributed by atoms with Crippen LogP contribution in [0.4, 0.5) is 11.5 Å². The van der Waals surface area contributed by atoms with Crippen molar-refractivity contribution < 1.29 is 17.9 Å². The molecule has 1 N–H and O–H groups in total. The molecule has 144 valence electrons. The second-order valence-electron chi connectivity index (χ2n) is 6.44. The van der Waals surface area contributed by atoms with Gasteiger partial charge < -0.3 is 15.0 Å². The summed E-state index contributed by atoms with van der Waals surface area (Å²) in [5, 5.41) is 3.16. The highest BCUT2D eigenvalue weighted by Crippen LogP contribution is 2.22. The molecule has 2 heterocycles. The van der Waals surface area contributed by atoms with Crippen LogP contribution < -0.4 is 10.1 Å². The van der Waals surface area contributed by atoms with Crippen LogP contribution in [0.2, 0.25) is 0 Å². The van der Waals surface area contributed by atoms with Gasteiger partial charge in [-0.1, -0.05) is 6.07 Å². The summed E-state index contributed by atoms with van der Waals surface area (Å²) in [6.45, 7) is 2.32. The van der Waals surface area contributed by atoms with Crippen molar-refractivity contribution in [1.29, 1.82) is 0 Å². The van der Waals surface area contributed by atoms with Gasteiger partial charge in [0.2, 0.25) is 0 Å². The molecule has 1 fully saturated rings. The molecule has 0 spiro atoms. The SMILES string of the molecule is CCN(C(=O)c1ccc(Nc2cccc(OC)c2)nc1)C1CCS(=O)(=O)C1. The molecule has 3 rings (SSSR count). The number of carbonyl (C=O) groups is 1. The summed E-state index contributed by atoms with van der Waals surface area (Å²) < 4.78 is 28.6. The molecule has 0 aliphatic carbocycles. The second kappa shape index (κ2) is 7.96. The third kappa shape index (κ3) is 4.57. The molecule has 2 aromatic rings. The minimum absolute atomic E-state index is 0.0372. The maximum Gasteiger partial charge on any atom is 0.255 e. The minimum Gasteiger partial charge on any atom is -0.497 e. The fraction of sp³-hybridized carbons (Fsp3) is 0.368. The van der Waals surface area contributed by atoms with Crippen molar-refractivity contribution in [2.75, 3.05) is 30.5 Å². The van der Waals surface area contributed by atoms with Crippen molar-refractivity contribution in [1.82, 2.24) is 9.88 Å². The second-order valence-corrected chi connectivity index (χ2v) is 8.67. The van der Waals surface area contributed by atoms with E-state index in [1.54, 1.807) is 24.1 Å². The first-order valence-electron chi connectivity index (χ1n) is 8.80. The number of aromatic nitrogens is 1. The molecule has 1 aromatic heterocycles. The van der Waals surface area contributed by atoms with Crippen molar-refractivity contribution in [2.24, 2.45) is 0 Å². The Morgan fingerprint density at radius 2 is 2.15 bits per heavy atom. The van der Waals surface area contributed by atoms with Crippen LogP contribution >= 0.6 is 0 Å². The van der Waals surface area contributed by atoms with Crippen molar-refractivity contribution in [3.05, 3.63) is 48.2 Å². The monoisotopic (exact) mass is 389 g/mol. The number of nitrogens with one attached hydrogen (secondary N) is 1. The Bertz CT molecular complexity index is 913. The Kier molecular flexibility index (Phi) is 5.65. The Balaban J connectivity index is 1.71. The van der Waals surface area contributed by atoms with E-state index in [-0.39, 0.29) is 23.5 Å². The summed E-state index contributed by atoms with van der Waals surface area (Å²) in [6.07, 6.45) is 2.00. The van der Waals surface area contributed by atoms with Crippen LogP contribution in [0.15, 0.2) is 42.6 Å². The highest BCUT2D eigenvalue weighted by molar-refractivity contribution is 7.91. The predicted octanol–water partition coefficient (Wildman–Crippen LogP) is 2.48. The van der Waals surface area contributed by atoms with Crippen molar-refractivity contribution in [3.63, 3.8) is 0 Å². The number of pyridine rings is 1. The van der Waals surface area contributed by atoms with E-state index in [4.69, 9.17) is 4.74 Å². The Hall–Kier alpha value is -2.61. The van der Waals surface area contributed by atoms with Gasteiger partial charge in [0.15, 0.2) is 9.84 Å². The molecule has 27 heavy (non-hydrogen) atoms. The van der Waals surface area contributed by atoms with Crippen LogP contribution in [0.3, 0.4) is 0 Å². The Morgan fingerprint density at radius 3 is 2.74 bits per heavy atom. The molecule has 1 atom stereocenters. The lowest BCUT2D eigenvalue weighted by atomic mass is 10.1. The largest absolute Gasteiger partial charge is 0.497 e. The summed E-state index contributed by atoms with van der Waals surface area (Å²) in [7, 11) is -1.44. The zero-order chi connectivity index (χ0) is 19.4. The highest BCUT2D eigenvalue weighted by Gasteiger charge is 2.34. The molecular formula is C19H23N3O4S. The maximum atomic E-state index is 12.8. The number of hydrogen-bond donors (Lipinski definition) is 1. The fourth-order valence-corrected chi connectivity index (χ4v) is 4.93. The quantitative estimate of drug-likeness (QED) is 0.817.